The first-order valence-corrected chi connectivity index (χ1v) is 10.2. The summed E-state index contributed by atoms with van der Waals surface area (Å²) < 4.78 is 16.8. The molecule has 0 saturated heterocycles. The quantitative estimate of drug-likeness (QED) is 0.657. The van der Waals surface area contributed by atoms with Gasteiger partial charge in [0.2, 0.25) is 0 Å². The highest BCUT2D eigenvalue weighted by Gasteiger charge is 2.42. The van der Waals surface area contributed by atoms with Gasteiger partial charge < -0.3 is 19.5 Å². The van der Waals surface area contributed by atoms with E-state index in [0.29, 0.717) is 42.4 Å². The van der Waals surface area contributed by atoms with Crippen molar-refractivity contribution in [1.29, 1.82) is 0 Å². The zero-order valence-corrected chi connectivity index (χ0v) is 17.7. The maximum atomic E-state index is 13.1. The van der Waals surface area contributed by atoms with Crippen molar-refractivity contribution in [3.05, 3.63) is 23.8 Å². The van der Waals surface area contributed by atoms with Gasteiger partial charge >= 0.3 is 5.97 Å². The van der Waals surface area contributed by atoms with Crippen molar-refractivity contribution in [2.45, 2.75) is 72.0 Å². The fraction of sp³-hybridized carbons (Fsp3) is 0.636. The Labute approximate surface area is 167 Å². The number of hydrogen-bond acceptors (Lipinski definition) is 5. The van der Waals surface area contributed by atoms with E-state index in [2.05, 4.69) is 12.2 Å². The first-order chi connectivity index (χ1) is 13.3. The van der Waals surface area contributed by atoms with E-state index in [1.807, 2.05) is 20.8 Å². The molecule has 1 fully saturated rings. The van der Waals surface area contributed by atoms with E-state index < -0.39 is 11.6 Å². The minimum Gasteiger partial charge on any atom is -0.490 e. The monoisotopic (exact) mass is 391 g/mol. The number of carbonyl (C=O) groups excluding carboxylic acids is 2. The number of ether oxygens (including phenoxy) is 3. The molecule has 0 bridgehead atoms. The zero-order valence-electron chi connectivity index (χ0n) is 17.7. The van der Waals surface area contributed by atoms with E-state index in [4.69, 9.17) is 14.2 Å². The molecule has 2 atom stereocenters. The third-order valence-electron chi connectivity index (χ3n) is 4.89. The van der Waals surface area contributed by atoms with Crippen LogP contribution in [0.2, 0.25) is 0 Å². The van der Waals surface area contributed by atoms with Crippen LogP contribution in [0.4, 0.5) is 5.69 Å². The van der Waals surface area contributed by atoms with Gasteiger partial charge in [-0.15, -0.1) is 0 Å². The van der Waals surface area contributed by atoms with Gasteiger partial charge in [-0.2, -0.15) is 0 Å². The van der Waals surface area contributed by atoms with E-state index in [9.17, 15) is 9.59 Å². The number of benzene rings is 1. The van der Waals surface area contributed by atoms with E-state index in [-0.39, 0.29) is 18.6 Å². The lowest BCUT2D eigenvalue weighted by molar-refractivity contribution is -0.147. The molecule has 156 valence electrons. The molecule has 1 aromatic rings. The summed E-state index contributed by atoms with van der Waals surface area (Å²) in [6.07, 6.45) is 3.39. The largest absolute Gasteiger partial charge is 0.490 e. The van der Waals surface area contributed by atoms with Crippen LogP contribution < -0.4 is 10.1 Å². The number of nitrogens with one attached hydrogen (secondary N) is 1. The Balaban J connectivity index is 2.27. The van der Waals surface area contributed by atoms with E-state index >= 15 is 0 Å². The molecule has 2 rings (SSSR count). The van der Waals surface area contributed by atoms with Gasteiger partial charge in [0.05, 0.1) is 12.7 Å². The number of esters is 1. The first-order valence-electron chi connectivity index (χ1n) is 10.2. The van der Waals surface area contributed by atoms with Gasteiger partial charge in [0, 0.05) is 12.3 Å². The lowest BCUT2D eigenvalue weighted by Crippen LogP contribution is -2.48. The van der Waals surface area contributed by atoms with E-state index in [1.165, 1.54) is 0 Å². The van der Waals surface area contributed by atoms with Crippen LogP contribution in [-0.4, -0.2) is 36.8 Å². The lowest BCUT2D eigenvalue weighted by atomic mass is 9.78. The Morgan fingerprint density at radius 1 is 1.25 bits per heavy atom. The molecule has 6 heteroatoms. The Hall–Kier alpha value is -2.08. The zero-order chi connectivity index (χ0) is 20.7. The predicted molar refractivity (Wildman–Crippen MR) is 109 cm³/mol. The smallest absolute Gasteiger partial charge is 0.341 e. The molecule has 1 saturated carbocycles. The average molecular weight is 392 g/mol. The maximum Gasteiger partial charge on any atom is 0.341 e. The highest BCUT2D eigenvalue weighted by Crippen LogP contribution is 2.36. The number of amides is 1. The highest BCUT2D eigenvalue weighted by atomic mass is 16.5. The van der Waals surface area contributed by atoms with Crippen LogP contribution >= 0.6 is 0 Å². The topological polar surface area (TPSA) is 73.9 Å². The highest BCUT2D eigenvalue weighted by molar-refractivity contribution is 5.99. The number of anilines is 1. The minimum atomic E-state index is -0.816. The molecule has 1 aliphatic rings. The van der Waals surface area contributed by atoms with Crippen molar-refractivity contribution < 1.29 is 23.8 Å². The summed E-state index contributed by atoms with van der Waals surface area (Å²) in [4.78, 5) is 25.5. The standard InChI is InChI=1S/C22H33NO5/c1-6-26-20(24)18-13-17(10-11-19(18)28-15(3)4)23-21(25)22(27-7-2)12-8-9-16(5)14-22/h10-11,13,15-16H,6-9,12,14H2,1-5H3,(H,23,25)/t16-,22-/m0/s1. The molecule has 1 amide bonds. The van der Waals surface area contributed by atoms with Gasteiger partial charge in [0.15, 0.2) is 0 Å². The average Bonchev–Trinajstić information content (AvgIpc) is 2.63. The summed E-state index contributed by atoms with van der Waals surface area (Å²) in [7, 11) is 0. The molecular formula is C22H33NO5. The normalized spacial score (nSPS) is 22.0. The van der Waals surface area contributed by atoms with Crippen molar-refractivity contribution in [2.75, 3.05) is 18.5 Å². The molecule has 1 aromatic carbocycles. The fourth-order valence-corrected chi connectivity index (χ4v) is 3.76. The van der Waals surface area contributed by atoms with Crippen LogP contribution in [0.3, 0.4) is 0 Å². The van der Waals surface area contributed by atoms with Crippen LogP contribution in [0.25, 0.3) is 0 Å². The molecule has 28 heavy (non-hydrogen) atoms. The van der Waals surface area contributed by atoms with Crippen molar-refractivity contribution in [2.24, 2.45) is 5.92 Å². The van der Waals surface area contributed by atoms with Crippen molar-refractivity contribution in [1.82, 2.24) is 0 Å². The third-order valence-corrected chi connectivity index (χ3v) is 4.89. The van der Waals surface area contributed by atoms with Crippen LogP contribution in [0.15, 0.2) is 18.2 Å². The molecule has 1 N–H and O–H groups in total. The van der Waals surface area contributed by atoms with Crippen molar-refractivity contribution >= 4 is 17.6 Å². The van der Waals surface area contributed by atoms with Crippen LogP contribution in [0.1, 0.15) is 70.7 Å². The summed E-state index contributed by atoms with van der Waals surface area (Å²) in [5.74, 6) is 0.244. The fourth-order valence-electron chi connectivity index (χ4n) is 3.76. The van der Waals surface area contributed by atoms with Crippen LogP contribution in [0.5, 0.6) is 5.75 Å². The summed E-state index contributed by atoms with van der Waals surface area (Å²) in [6, 6.07) is 5.04. The Bertz CT molecular complexity index is 684. The van der Waals surface area contributed by atoms with Gasteiger partial charge in [0.25, 0.3) is 5.91 Å². The molecule has 0 aliphatic heterocycles. The SMILES string of the molecule is CCOC(=O)c1cc(NC(=O)[C@]2(OCC)CCC[C@H](C)C2)ccc1OC(C)C. The molecular weight excluding hydrogens is 358 g/mol. The molecule has 0 unspecified atom stereocenters. The van der Waals surface area contributed by atoms with Gasteiger partial charge in [-0.25, -0.2) is 4.79 Å². The lowest BCUT2D eigenvalue weighted by Gasteiger charge is -2.38. The summed E-state index contributed by atoms with van der Waals surface area (Å²) >= 11 is 0. The van der Waals surface area contributed by atoms with Gasteiger partial charge in [-0.05, 0) is 71.1 Å². The van der Waals surface area contributed by atoms with Gasteiger partial charge in [-0.3, -0.25) is 4.79 Å². The van der Waals surface area contributed by atoms with Crippen molar-refractivity contribution in [3.63, 3.8) is 0 Å². The molecule has 0 radical (unpaired) electrons. The molecule has 0 heterocycles. The maximum absolute atomic E-state index is 13.1. The summed E-state index contributed by atoms with van der Waals surface area (Å²) in [5.41, 5.74) is 0.0150. The predicted octanol–water partition coefficient (Wildman–Crippen LogP) is 4.57. The minimum absolute atomic E-state index is 0.0847. The molecule has 0 spiro atoms. The first kappa shape index (κ1) is 22.2. The molecule has 1 aliphatic carbocycles. The molecule has 0 aromatic heterocycles. The van der Waals surface area contributed by atoms with E-state index in [0.717, 1.165) is 12.8 Å². The Morgan fingerprint density at radius 3 is 2.61 bits per heavy atom. The molecule has 6 nitrogen and oxygen atoms in total. The number of rotatable bonds is 8. The Kier molecular flexibility index (Phi) is 7.87. The summed E-state index contributed by atoms with van der Waals surface area (Å²) in [5, 5.41) is 2.95. The van der Waals surface area contributed by atoms with E-state index in [1.54, 1.807) is 25.1 Å². The van der Waals surface area contributed by atoms with Crippen LogP contribution in [0, 0.1) is 5.92 Å². The van der Waals surface area contributed by atoms with Crippen LogP contribution in [-0.2, 0) is 14.3 Å². The number of carbonyl (C=O) groups is 2. The third kappa shape index (κ3) is 5.47. The Morgan fingerprint density at radius 2 is 2.00 bits per heavy atom. The second-order valence-corrected chi connectivity index (χ2v) is 7.68. The van der Waals surface area contributed by atoms with Crippen molar-refractivity contribution in [3.8, 4) is 5.75 Å². The number of hydrogen-bond donors (Lipinski definition) is 1. The second-order valence-electron chi connectivity index (χ2n) is 7.68. The van der Waals surface area contributed by atoms with Gasteiger partial charge in [-0.1, -0.05) is 13.3 Å². The van der Waals surface area contributed by atoms with Gasteiger partial charge in [0.1, 0.15) is 16.9 Å². The second kappa shape index (κ2) is 9.92. The summed E-state index contributed by atoms with van der Waals surface area (Å²) in [6.45, 7) is 10.3.